The molecule has 7 heteroatoms. The molecule has 1 aromatic carbocycles. The van der Waals surface area contributed by atoms with Crippen LogP contribution in [0.1, 0.15) is 10.4 Å². The van der Waals surface area contributed by atoms with E-state index in [1.54, 1.807) is 12.1 Å². The van der Waals surface area contributed by atoms with Crippen molar-refractivity contribution >= 4 is 46.1 Å². The van der Waals surface area contributed by atoms with Gasteiger partial charge in [-0.15, -0.1) is 11.8 Å². The highest BCUT2D eigenvalue weighted by molar-refractivity contribution is 7.99. The zero-order valence-corrected chi connectivity index (χ0v) is 12.4. The summed E-state index contributed by atoms with van der Waals surface area (Å²) < 4.78 is 0. The first-order valence-corrected chi connectivity index (χ1v) is 7.78. The number of para-hydroxylation sites is 1. The van der Waals surface area contributed by atoms with Gasteiger partial charge in [0.1, 0.15) is 11.2 Å². The van der Waals surface area contributed by atoms with Gasteiger partial charge < -0.3 is 10.0 Å². The number of hydrogen-bond donors (Lipinski definition) is 1. The predicted molar refractivity (Wildman–Crippen MR) is 81.7 cm³/mol. The van der Waals surface area contributed by atoms with Crippen LogP contribution >= 0.6 is 23.4 Å². The van der Waals surface area contributed by atoms with E-state index in [-0.39, 0.29) is 11.1 Å². The Labute approximate surface area is 129 Å². The van der Waals surface area contributed by atoms with E-state index in [2.05, 4.69) is 4.98 Å². The van der Waals surface area contributed by atoms with Crippen LogP contribution in [0.5, 0.6) is 0 Å². The number of halogens is 1. The van der Waals surface area contributed by atoms with Gasteiger partial charge in [0, 0.05) is 11.1 Å². The minimum Gasteiger partial charge on any atom is -0.480 e. The molecule has 0 spiro atoms. The summed E-state index contributed by atoms with van der Waals surface area (Å²) in [5, 5.41) is 10.1. The molecule has 0 saturated carbocycles. The number of carbonyl (C=O) groups is 2. The zero-order valence-electron chi connectivity index (χ0n) is 10.8. The van der Waals surface area contributed by atoms with Gasteiger partial charge in [0.15, 0.2) is 0 Å². The average molecular weight is 323 g/mol. The van der Waals surface area contributed by atoms with Gasteiger partial charge in [-0.3, -0.25) is 4.79 Å². The van der Waals surface area contributed by atoms with Crippen molar-refractivity contribution in [3.63, 3.8) is 0 Å². The third kappa shape index (κ3) is 2.56. The van der Waals surface area contributed by atoms with Crippen molar-refractivity contribution in [3.05, 3.63) is 41.0 Å². The fourth-order valence-corrected chi connectivity index (χ4v) is 3.67. The Bertz CT molecular complexity index is 737. The molecule has 3 rings (SSSR count). The minimum absolute atomic E-state index is 0.218. The number of pyridine rings is 1. The Hall–Kier alpha value is -1.79. The summed E-state index contributed by atoms with van der Waals surface area (Å²) in [6, 6.07) is 7.87. The number of rotatable bonds is 2. The third-order valence-corrected chi connectivity index (χ3v) is 4.55. The van der Waals surface area contributed by atoms with Crippen molar-refractivity contribution in [2.75, 3.05) is 11.6 Å². The second kappa shape index (κ2) is 5.54. The number of aromatic nitrogens is 1. The second-order valence-corrected chi connectivity index (χ2v) is 6.03. The number of hydrogen-bond acceptors (Lipinski definition) is 4. The standard InChI is InChI=1S/C14H11ClN2O3S/c15-12-5-9(8-3-1-2-4-10(8)16-12)13(18)17-7-21-6-11(17)14(19)20/h1-5,11H,6-7H2,(H,19,20). The van der Waals surface area contributed by atoms with E-state index < -0.39 is 12.0 Å². The summed E-state index contributed by atoms with van der Waals surface area (Å²) in [5.74, 6) is -0.548. The van der Waals surface area contributed by atoms with Gasteiger partial charge in [0.25, 0.3) is 5.91 Å². The summed E-state index contributed by atoms with van der Waals surface area (Å²) in [6.07, 6.45) is 0. The number of carboxylic acid groups (broad SMARTS) is 1. The largest absolute Gasteiger partial charge is 0.480 e. The molecule has 1 unspecified atom stereocenters. The Kier molecular flexibility index (Phi) is 3.73. The first kappa shape index (κ1) is 14.2. The number of amides is 1. The molecule has 0 aliphatic carbocycles. The molecular formula is C14H11ClN2O3S. The quantitative estimate of drug-likeness (QED) is 0.860. The van der Waals surface area contributed by atoms with E-state index in [1.165, 1.54) is 22.7 Å². The van der Waals surface area contributed by atoms with Crippen LogP contribution in [-0.4, -0.2) is 44.5 Å². The number of benzene rings is 1. The van der Waals surface area contributed by atoms with E-state index >= 15 is 0 Å². The van der Waals surface area contributed by atoms with Crippen LogP contribution in [-0.2, 0) is 4.79 Å². The van der Waals surface area contributed by atoms with Gasteiger partial charge in [0.05, 0.1) is 17.0 Å². The molecule has 0 radical (unpaired) electrons. The number of fused-ring (bicyclic) bond motifs is 1. The van der Waals surface area contributed by atoms with E-state index in [0.717, 1.165) is 0 Å². The molecule has 1 atom stereocenters. The van der Waals surface area contributed by atoms with Crippen molar-refractivity contribution in [2.24, 2.45) is 0 Å². The van der Waals surface area contributed by atoms with Crippen LogP contribution < -0.4 is 0 Å². The molecule has 1 N–H and O–H groups in total. The van der Waals surface area contributed by atoms with E-state index in [4.69, 9.17) is 11.6 Å². The SMILES string of the molecule is O=C(O)C1CSCN1C(=O)c1cc(Cl)nc2ccccc12. The molecule has 21 heavy (non-hydrogen) atoms. The first-order chi connectivity index (χ1) is 10.1. The highest BCUT2D eigenvalue weighted by Crippen LogP contribution is 2.27. The van der Waals surface area contributed by atoms with Crippen LogP contribution in [0.25, 0.3) is 10.9 Å². The maximum Gasteiger partial charge on any atom is 0.327 e. The Morgan fingerprint density at radius 1 is 1.38 bits per heavy atom. The van der Waals surface area contributed by atoms with Gasteiger partial charge in [-0.1, -0.05) is 29.8 Å². The third-order valence-electron chi connectivity index (χ3n) is 3.34. The molecule has 1 aromatic heterocycles. The van der Waals surface area contributed by atoms with Crippen molar-refractivity contribution < 1.29 is 14.7 Å². The molecule has 1 amide bonds. The van der Waals surface area contributed by atoms with Crippen molar-refractivity contribution in [1.82, 2.24) is 9.88 Å². The molecular weight excluding hydrogens is 312 g/mol. The van der Waals surface area contributed by atoms with Gasteiger partial charge in [-0.05, 0) is 12.1 Å². The lowest BCUT2D eigenvalue weighted by Gasteiger charge is -2.21. The maximum atomic E-state index is 12.7. The molecule has 2 heterocycles. The molecule has 1 aliphatic rings. The number of thioether (sulfide) groups is 1. The summed E-state index contributed by atoms with van der Waals surface area (Å²) in [6.45, 7) is 0. The Morgan fingerprint density at radius 3 is 2.90 bits per heavy atom. The molecule has 1 saturated heterocycles. The van der Waals surface area contributed by atoms with Crippen LogP contribution in [0.3, 0.4) is 0 Å². The lowest BCUT2D eigenvalue weighted by Crippen LogP contribution is -2.41. The predicted octanol–water partition coefficient (Wildman–Crippen LogP) is 2.49. The molecule has 1 fully saturated rings. The fraction of sp³-hybridized carbons (Fsp3) is 0.214. The van der Waals surface area contributed by atoms with Crippen LogP contribution in [0.2, 0.25) is 5.15 Å². The van der Waals surface area contributed by atoms with E-state index in [0.29, 0.717) is 28.1 Å². The van der Waals surface area contributed by atoms with Gasteiger partial charge in [-0.2, -0.15) is 0 Å². The van der Waals surface area contributed by atoms with E-state index in [9.17, 15) is 14.7 Å². The van der Waals surface area contributed by atoms with Gasteiger partial charge in [-0.25, -0.2) is 9.78 Å². The highest BCUT2D eigenvalue weighted by Gasteiger charge is 2.35. The van der Waals surface area contributed by atoms with Crippen molar-refractivity contribution in [1.29, 1.82) is 0 Å². The maximum absolute atomic E-state index is 12.7. The van der Waals surface area contributed by atoms with Crippen LogP contribution in [0, 0.1) is 0 Å². The Morgan fingerprint density at radius 2 is 2.14 bits per heavy atom. The lowest BCUT2D eigenvalue weighted by molar-refractivity contribution is -0.140. The zero-order chi connectivity index (χ0) is 15.0. The Balaban J connectivity index is 2.07. The lowest BCUT2D eigenvalue weighted by atomic mass is 10.1. The molecule has 1 aliphatic heterocycles. The van der Waals surface area contributed by atoms with Crippen molar-refractivity contribution in [3.8, 4) is 0 Å². The fourth-order valence-electron chi connectivity index (χ4n) is 2.32. The number of nitrogens with zero attached hydrogens (tertiary/aromatic N) is 2. The normalized spacial score (nSPS) is 18.1. The molecule has 2 aromatic rings. The monoisotopic (exact) mass is 322 g/mol. The summed E-state index contributed by atoms with van der Waals surface area (Å²) in [7, 11) is 0. The van der Waals surface area contributed by atoms with Crippen LogP contribution in [0.15, 0.2) is 30.3 Å². The summed E-state index contributed by atoms with van der Waals surface area (Å²) >= 11 is 7.40. The van der Waals surface area contributed by atoms with Gasteiger partial charge >= 0.3 is 5.97 Å². The highest BCUT2D eigenvalue weighted by atomic mass is 35.5. The number of carboxylic acids is 1. The van der Waals surface area contributed by atoms with Crippen LogP contribution in [0.4, 0.5) is 0 Å². The van der Waals surface area contributed by atoms with Crippen molar-refractivity contribution in [2.45, 2.75) is 6.04 Å². The average Bonchev–Trinajstić information content (AvgIpc) is 2.95. The smallest absolute Gasteiger partial charge is 0.327 e. The molecule has 108 valence electrons. The molecule has 0 bridgehead atoms. The first-order valence-electron chi connectivity index (χ1n) is 6.25. The van der Waals surface area contributed by atoms with E-state index in [1.807, 2.05) is 12.1 Å². The molecule has 5 nitrogen and oxygen atoms in total. The minimum atomic E-state index is -0.988. The second-order valence-electron chi connectivity index (χ2n) is 4.64. The number of carbonyl (C=O) groups excluding carboxylic acids is 1. The summed E-state index contributed by atoms with van der Waals surface area (Å²) in [5.41, 5.74) is 1.01. The summed E-state index contributed by atoms with van der Waals surface area (Å²) in [4.78, 5) is 29.5. The van der Waals surface area contributed by atoms with Gasteiger partial charge in [0.2, 0.25) is 0 Å². The number of aliphatic carboxylic acids is 1. The topological polar surface area (TPSA) is 70.5 Å².